The largest absolute Gasteiger partial charge is 0.444 e. The van der Waals surface area contributed by atoms with E-state index in [-0.39, 0.29) is 12.3 Å². The van der Waals surface area contributed by atoms with Crippen molar-refractivity contribution in [1.82, 2.24) is 15.2 Å². The molecule has 2 aliphatic rings. The van der Waals surface area contributed by atoms with Crippen LogP contribution in [0, 0.1) is 18.3 Å². The lowest BCUT2D eigenvalue weighted by molar-refractivity contribution is -0.164. The number of ketones is 1. The zero-order valence-electron chi connectivity index (χ0n) is 25.5. The van der Waals surface area contributed by atoms with Crippen LogP contribution in [-0.4, -0.2) is 45.0 Å². The van der Waals surface area contributed by atoms with Crippen LogP contribution in [-0.2, 0) is 25.6 Å². The van der Waals surface area contributed by atoms with Crippen molar-refractivity contribution in [2.75, 3.05) is 0 Å². The second-order valence-corrected chi connectivity index (χ2v) is 11.9. The highest BCUT2D eigenvalue weighted by atomic mass is 16.6. The number of hydrogen-bond donors (Lipinski definition) is 1. The van der Waals surface area contributed by atoms with Gasteiger partial charge in [0.25, 0.3) is 5.78 Å². The van der Waals surface area contributed by atoms with Crippen LogP contribution in [0.25, 0.3) is 16.6 Å². The SMILES string of the molecule is C#CC(=O)C(CC)(OC(=O)C(NC(=O)OC(C)(C)C)C(C)C)C1=C(CC)C(=C)N2Cc3cc4ccccc4nc3C2=C1. The van der Waals surface area contributed by atoms with Crippen LogP contribution in [0.2, 0.25) is 0 Å². The number of terminal acetylenes is 1. The molecule has 0 saturated heterocycles. The van der Waals surface area contributed by atoms with Gasteiger partial charge < -0.3 is 19.7 Å². The molecule has 0 aliphatic carbocycles. The molecule has 1 aromatic heterocycles. The number of allylic oxidation sites excluding steroid dienone is 1. The number of esters is 1. The second-order valence-electron chi connectivity index (χ2n) is 11.9. The molecule has 220 valence electrons. The number of ether oxygens (including phenoxy) is 2. The first-order valence-electron chi connectivity index (χ1n) is 14.3. The molecule has 8 nitrogen and oxygen atoms in total. The number of pyridine rings is 1. The van der Waals surface area contributed by atoms with Crippen molar-refractivity contribution in [3.63, 3.8) is 0 Å². The minimum absolute atomic E-state index is 0.0763. The van der Waals surface area contributed by atoms with Gasteiger partial charge in [-0.2, -0.15) is 0 Å². The maximum absolute atomic E-state index is 13.8. The molecule has 0 bridgehead atoms. The highest BCUT2D eigenvalue weighted by molar-refractivity contribution is 6.06. The fourth-order valence-corrected chi connectivity index (χ4v) is 5.50. The first kappa shape index (κ1) is 30.6. The Balaban J connectivity index is 1.82. The van der Waals surface area contributed by atoms with Gasteiger partial charge in [0.1, 0.15) is 11.6 Å². The van der Waals surface area contributed by atoms with Gasteiger partial charge in [0.05, 0.1) is 23.5 Å². The molecule has 0 fully saturated rings. The number of nitrogens with one attached hydrogen (secondary N) is 1. The predicted molar refractivity (Wildman–Crippen MR) is 163 cm³/mol. The van der Waals surface area contributed by atoms with Crippen LogP contribution < -0.4 is 5.32 Å². The third-order valence-corrected chi connectivity index (χ3v) is 7.60. The number of alkyl carbamates (subject to hydrolysis) is 1. The predicted octanol–water partition coefficient (Wildman–Crippen LogP) is 6.07. The zero-order valence-corrected chi connectivity index (χ0v) is 25.5. The summed E-state index contributed by atoms with van der Waals surface area (Å²) in [7, 11) is 0. The third kappa shape index (κ3) is 5.56. The number of para-hydroxylation sites is 1. The second kappa shape index (κ2) is 11.5. The average Bonchev–Trinajstić information content (AvgIpc) is 3.29. The number of amides is 1. The van der Waals surface area contributed by atoms with E-state index in [2.05, 4.69) is 28.8 Å². The Hall–Kier alpha value is -4.38. The Kier molecular flexibility index (Phi) is 8.36. The minimum Gasteiger partial charge on any atom is -0.444 e. The molecule has 2 atom stereocenters. The van der Waals surface area contributed by atoms with E-state index in [1.165, 1.54) is 0 Å². The molecule has 2 unspecified atom stereocenters. The van der Waals surface area contributed by atoms with Crippen molar-refractivity contribution >= 4 is 34.4 Å². The van der Waals surface area contributed by atoms with Gasteiger partial charge in [-0.3, -0.25) is 4.79 Å². The molecular formula is C34H39N3O5. The Morgan fingerprint density at radius 3 is 2.45 bits per heavy atom. The van der Waals surface area contributed by atoms with Crippen LogP contribution in [0.4, 0.5) is 4.79 Å². The first-order valence-corrected chi connectivity index (χ1v) is 14.3. The molecule has 8 heteroatoms. The molecular weight excluding hydrogens is 530 g/mol. The fourth-order valence-electron chi connectivity index (χ4n) is 5.50. The lowest BCUT2D eigenvalue weighted by atomic mass is 9.79. The van der Waals surface area contributed by atoms with Crippen LogP contribution in [0.3, 0.4) is 0 Å². The molecule has 1 aromatic carbocycles. The van der Waals surface area contributed by atoms with Gasteiger partial charge in [-0.25, -0.2) is 14.6 Å². The van der Waals surface area contributed by atoms with Crippen LogP contribution in [0.1, 0.15) is 72.6 Å². The highest BCUT2D eigenvalue weighted by Gasteiger charge is 2.48. The molecule has 2 aromatic rings. The molecule has 42 heavy (non-hydrogen) atoms. The maximum Gasteiger partial charge on any atom is 0.408 e. The minimum atomic E-state index is -1.80. The molecule has 1 amide bonds. The van der Waals surface area contributed by atoms with Crippen molar-refractivity contribution in [1.29, 1.82) is 0 Å². The molecule has 4 rings (SSSR count). The number of aromatic nitrogens is 1. The van der Waals surface area contributed by atoms with Gasteiger partial charge in [0, 0.05) is 22.2 Å². The molecule has 0 spiro atoms. The van der Waals surface area contributed by atoms with Crippen molar-refractivity contribution in [2.24, 2.45) is 5.92 Å². The Morgan fingerprint density at radius 1 is 1.17 bits per heavy atom. The van der Waals surface area contributed by atoms with Crippen LogP contribution in [0.5, 0.6) is 0 Å². The van der Waals surface area contributed by atoms with Crippen LogP contribution in [0.15, 0.2) is 59.8 Å². The normalized spacial score (nSPS) is 16.7. The summed E-state index contributed by atoms with van der Waals surface area (Å²) in [6.07, 6.45) is 7.39. The monoisotopic (exact) mass is 569 g/mol. The van der Waals surface area contributed by atoms with Crippen molar-refractivity contribution in [3.8, 4) is 12.3 Å². The summed E-state index contributed by atoms with van der Waals surface area (Å²) in [5.74, 6) is 0.367. The van der Waals surface area contributed by atoms with Crippen LogP contribution >= 0.6 is 0 Å². The maximum atomic E-state index is 13.8. The number of nitrogens with zero attached hydrogens (tertiary/aromatic N) is 2. The summed E-state index contributed by atoms with van der Waals surface area (Å²) in [6.45, 7) is 17.4. The lowest BCUT2D eigenvalue weighted by Gasteiger charge is -2.38. The summed E-state index contributed by atoms with van der Waals surface area (Å²) >= 11 is 0. The molecule has 3 heterocycles. The van der Waals surface area contributed by atoms with Crippen molar-refractivity contribution in [3.05, 3.63) is 71.1 Å². The van der Waals surface area contributed by atoms with E-state index in [1.807, 2.05) is 37.3 Å². The van der Waals surface area contributed by atoms with Gasteiger partial charge in [0.2, 0.25) is 5.60 Å². The third-order valence-electron chi connectivity index (χ3n) is 7.60. The van der Waals surface area contributed by atoms with E-state index in [1.54, 1.807) is 41.5 Å². The van der Waals surface area contributed by atoms with Crippen molar-refractivity contribution < 1.29 is 23.9 Å². The van der Waals surface area contributed by atoms with E-state index >= 15 is 0 Å². The summed E-state index contributed by atoms with van der Waals surface area (Å²) in [5.41, 5.74) is 2.77. The van der Waals surface area contributed by atoms with E-state index in [4.69, 9.17) is 20.9 Å². The number of Topliss-reactive ketones (excluding diaryl/α,β-unsaturated/α-hetero) is 1. The molecule has 2 aliphatic heterocycles. The van der Waals surface area contributed by atoms with Gasteiger partial charge in [-0.05, 0) is 69.2 Å². The van der Waals surface area contributed by atoms with Gasteiger partial charge in [0.15, 0.2) is 0 Å². The topological polar surface area (TPSA) is 97.8 Å². The quantitative estimate of drug-likeness (QED) is 0.234. The number of rotatable bonds is 8. The average molecular weight is 570 g/mol. The summed E-state index contributed by atoms with van der Waals surface area (Å²) < 4.78 is 11.5. The smallest absolute Gasteiger partial charge is 0.408 e. The highest BCUT2D eigenvalue weighted by Crippen LogP contribution is 2.46. The number of benzene rings is 1. The zero-order chi connectivity index (χ0) is 31.0. The first-order chi connectivity index (χ1) is 19.8. The Morgan fingerprint density at radius 2 is 1.86 bits per heavy atom. The van der Waals surface area contributed by atoms with Crippen molar-refractivity contribution in [2.45, 2.75) is 85.1 Å². The number of hydrogen-bond acceptors (Lipinski definition) is 7. The fraction of sp³-hybridized carbons (Fsp3) is 0.412. The summed E-state index contributed by atoms with van der Waals surface area (Å²) in [6, 6.07) is 8.92. The van der Waals surface area contributed by atoms with E-state index < -0.39 is 35.1 Å². The number of fused-ring (bicyclic) bond motifs is 4. The number of carbonyl (C=O) groups is 3. The molecule has 0 saturated carbocycles. The molecule has 1 N–H and O–H groups in total. The Labute approximate surface area is 247 Å². The molecule has 0 radical (unpaired) electrons. The van der Waals surface area contributed by atoms with Gasteiger partial charge >= 0.3 is 12.1 Å². The van der Waals surface area contributed by atoms with E-state index in [0.717, 1.165) is 33.4 Å². The van der Waals surface area contributed by atoms with Gasteiger partial charge in [-0.15, -0.1) is 6.42 Å². The van der Waals surface area contributed by atoms with E-state index in [0.29, 0.717) is 24.2 Å². The lowest BCUT2D eigenvalue weighted by Crippen LogP contribution is -2.52. The summed E-state index contributed by atoms with van der Waals surface area (Å²) in [4.78, 5) is 47.0. The standard InChI is InChI=1S/C34H39N3O5/c1-10-24-21(6)37-19-23-17-22-15-13-14-16-26(22)35-30(23)27(37)18-25(24)34(12-3,28(38)11-2)41-31(39)29(20(4)5)36-32(40)42-33(7,8)9/h2,13-18,20,29H,6,10,12,19H2,1,3-5,7-9H3,(H,36,40). The Bertz CT molecular complexity index is 1570. The van der Waals surface area contributed by atoms with E-state index in [9.17, 15) is 14.4 Å². The summed E-state index contributed by atoms with van der Waals surface area (Å²) in [5, 5.41) is 3.64. The number of carbonyl (C=O) groups excluding carboxylic acids is 3. The van der Waals surface area contributed by atoms with Gasteiger partial charge in [-0.1, -0.05) is 52.5 Å².